The van der Waals surface area contributed by atoms with Gasteiger partial charge in [-0.25, -0.2) is 4.98 Å². The lowest BCUT2D eigenvalue weighted by Gasteiger charge is -1.95. The van der Waals surface area contributed by atoms with Gasteiger partial charge in [-0.15, -0.1) is 21.5 Å². The maximum atomic E-state index is 4.37. The first kappa shape index (κ1) is 12.8. The van der Waals surface area contributed by atoms with E-state index in [1.807, 2.05) is 6.20 Å². The van der Waals surface area contributed by atoms with E-state index in [-0.39, 0.29) is 0 Å². The first-order chi connectivity index (χ1) is 8.33. The number of aromatic nitrogens is 3. The molecule has 0 unspecified atom stereocenters. The molecule has 0 bridgehead atoms. The molecule has 0 aliphatic heterocycles. The monoisotopic (exact) mass is 286 g/mol. The average molecular weight is 286 g/mol. The third-order valence-electron chi connectivity index (χ3n) is 1.98. The van der Waals surface area contributed by atoms with E-state index < -0.39 is 0 Å². The first-order valence-corrected chi connectivity index (χ1v) is 8.37. The van der Waals surface area contributed by atoms with Crippen LogP contribution in [0, 0.1) is 0 Å². The van der Waals surface area contributed by atoms with Crippen molar-refractivity contribution in [1.29, 1.82) is 0 Å². The molecular formula is C10H14N4S3. The van der Waals surface area contributed by atoms with Gasteiger partial charge in [0.1, 0.15) is 5.01 Å². The van der Waals surface area contributed by atoms with Crippen molar-refractivity contribution in [2.45, 2.75) is 19.1 Å². The van der Waals surface area contributed by atoms with E-state index in [0.717, 1.165) is 38.7 Å². The summed E-state index contributed by atoms with van der Waals surface area (Å²) in [5, 5.41) is 14.5. The van der Waals surface area contributed by atoms with Crippen molar-refractivity contribution in [1.82, 2.24) is 15.2 Å². The molecule has 17 heavy (non-hydrogen) atoms. The molecule has 0 saturated carbocycles. The van der Waals surface area contributed by atoms with Crippen LogP contribution in [-0.2, 0) is 5.75 Å². The average Bonchev–Trinajstić information content (AvgIpc) is 2.95. The minimum atomic E-state index is 0.890. The lowest BCUT2D eigenvalue weighted by molar-refractivity contribution is 0.964. The zero-order valence-electron chi connectivity index (χ0n) is 9.77. The molecule has 0 atom stereocenters. The van der Waals surface area contributed by atoms with Crippen LogP contribution in [0.15, 0.2) is 6.20 Å². The van der Waals surface area contributed by atoms with Gasteiger partial charge < -0.3 is 5.32 Å². The van der Waals surface area contributed by atoms with Gasteiger partial charge >= 0.3 is 0 Å². The fourth-order valence-electron chi connectivity index (χ4n) is 1.23. The predicted octanol–water partition coefficient (Wildman–Crippen LogP) is 3.35. The van der Waals surface area contributed by atoms with Gasteiger partial charge in [0.25, 0.3) is 0 Å². The fraction of sp³-hybridized carbons (Fsp3) is 0.500. The summed E-state index contributed by atoms with van der Waals surface area (Å²) in [6, 6.07) is 0. The van der Waals surface area contributed by atoms with Crippen LogP contribution in [0.4, 0.5) is 5.13 Å². The molecule has 0 aliphatic carbocycles. The summed E-state index contributed by atoms with van der Waals surface area (Å²) < 4.78 is 0. The van der Waals surface area contributed by atoms with E-state index in [4.69, 9.17) is 0 Å². The normalized spacial score (nSPS) is 10.7. The van der Waals surface area contributed by atoms with Gasteiger partial charge in [-0.1, -0.05) is 18.3 Å². The Balaban J connectivity index is 2.07. The van der Waals surface area contributed by atoms with E-state index >= 15 is 0 Å². The summed E-state index contributed by atoms with van der Waals surface area (Å²) in [6.07, 6.45) is 5.06. The lowest BCUT2D eigenvalue weighted by atomic mass is 10.5. The van der Waals surface area contributed by atoms with Crippen molar-refractivity contribution in [3.63, 3.8) is 0 Å². The second-order valence-electron chi connectivity index (χ2n) is 3.39. The molecule has 0 fully saturated rings. The quantitative estimate of drug-likeness (QED) is 0.882. The van der Waals surface area contributed by atoms with E-state index in [9.17, 15) is 0 Å². The van der Waals surface area contributed by atoms with Crippen molar-refractivity contribution in [2.24, 2.45) is 0 Å². The zero-order valence-corrected chi connectivity index (χ0v) is 12.2. The first-order valence-electron chi connectivity index (χ1n) is 5.35. The predicted molar refractivity (Wildman–Crippen MR) is 77.0 cm³/mol. The van der Waals surface area contributed by atoms with Crippen LogP contribution in [0.1, 0.15) is 18.4 Å². The van der Waals surface area contributed by atoms with E-state index in [0.29, 0.717) is 0 Å². The number of nitrogens with zero attached hydrogens (tertiary/aromatic N) is 3. The molecule has 1 N–H and O–H groups in total. The van der Waals surface area contributed by atoms with Crippen LogP contribution in [0.2, 0.25) is 0 Å². The molecule has 0 aliphatic rings. The molecule has 2 aromatic rings. The van der Waals surface area contributed by atoms with Gasteiger partial charge in [-0.05, 0) is 12.7 Å². The number of nitrogens with one attached hydrogen (secondary N) is 1. The minimum Gasteiger partial charge on any atom is -0.360 e. The SMILES string of the molecule is CCCNc1nnc(-c2cnc(CSC)s2)s1. The van der Waals surface area contributed by atoms with Crippen LogP contribution in [0.3, 0.4) is 0 Å². The highest BCUT2D eigenvalue weighted by Crippen LogP contribution is 2.31. The third kappa shape index (κ3) is 3.40. The van der Waals surface area contributed by atoms with Crippen molar-refractivity contribution in [3.8, 4) is 9.88 Å². The van der Waals surface area contributed by atoms with E-state index in [2.05, 4.69) is 33.7 Å². The molecule has 4 nitrogen and oxygen atoms in total. The second kappa shape index (κ2) is 6.32. The van der Waals surface area contributed by atoms with Crippen LogP contribution in [0.25, 0.3) is 9.88 Å². The van der Waals surface area contributed by atoms with Crippen LogP contribution < -0.4 is 5.32 Å². The molecule has 2 rings (SSSR count). The number of anilines is 1. The largest absolute Gasteiger partial charge is 0.360 e. The summed E-state index contributed by atoms with van der Waals surface area (Å²) in [7, 11) is 0. The Morgan fingerprint density at radius 1 is 1.35 bits per heavy atom. The maximum Gasteiger partial charge on any atom is 0.206 e. The van der Waals surface area contributed by atoms with Gasteiger partial charge in [-0.3, -0.25) is 0 Å². The Labute approximate surface area is 113 Å². The van der Waals surface area contributed by atoms with Crippen molar-refractivity contribution >= 4 is 39.6 Å². The molecule has 2 heterocycles. The highest BCUT2D eigenvalue weighted by Gasteiger charge is 2.09. The topological polar surface area (TPSA) is 50.7 Å². The number of thioether (sulfide) groups is 1. The number of rotatable bonds is 6. The zero-order chi connectivity index (χ0) is 12.1. The highest BCUT2D eigenvalue weighted by atomic mass is 32.2. The Bertz CT molecular complexity index is 466. The van der Waals surface area contributed by atoms with Gasteiger partial charge in [0.05, 0.1) is 4.88 Å². The highest BCUT2D eigenvalue weighted by molar-refractivity contribution is 7.97. The summed E-state index contributed by atoms with van der Waals surface area (Å²) in [4.78, 5) is 5.48. The van der Waals surface area contributed by atoms with Gasteiger partial charge in [-0.2, -0.15) is 11.8 Å². The van der Waals surface area contributed by atoms with Crippen LogP contribution in [-0.4, -0.2) is 28.0 Å². The van der Waals surface area contributed by atoms with Crippen LogP contribution in [0.5, 0.6) is 0 Å². The summed E-state index contributed by atoms with van der Waals surface area (Å²) >= 11 is 5.07. The fourth-order valence-corrected chi connectivity index (χ4v) is 3.65. The molecule has 0 saturated heterocycles. The number of thiazole rings is 1. The Morgan fingerprint density at radius 2 is 2.24 bits per heavy atom. The van der Waals surface area contributed by atoms with Crippen molar-refractivity contribution < 1.29 is 0 Å². The van der Waals surface area contributed by atoms with E-state index in [1.54, 1.807) is 34.4 Å². The van der Waals surface area contributed by atoms with Gasteiger partial charge in [0.2, 0.25) is 5.13 Å². The van der Waals surface area contributed by atoms with Gasteiger partial charge in [0, 0.05) is 18.5 Å². The number of hydrogen-bond donors (Lipinski definition) is 1. The molecular weight excluding hydrogens is 272 g/mol. The van der Waals surface area contributed by atoms with Crippen LogP contribution >= 0.6 is 34.4 Å². The smallest absolute Gasteiger partial charge is 0.206 e. The van der Waals surface area contributed by atoms with Crippen molar-refractivity contribution in [2.75, 3.05) is 18.1 Å². The minimum absolute atomic E-state index is 0.890. The maximum absolute atomic E-state index is 4.37. The molecule has 7 heteroatoms. The molecule has 0 radical (unpaired) electrons. The summed E-state index contributed by atoms with van der Waals surface area (Å²) in [5.41, 5.74) is 0. The third-order valence-corrected chi connectivity index (χ3v) is 4.78. The Kier molecular flexibility index (Phi) is 4.75. The van der Waals surface area contributed by atoms with Gasteiger partial charge in [0.15, 0.2) is 5.01 Å². The standard InChI is InChI=1S/C10H14N4S3/c1-3-4-11-10-14-13-9(17-10)7-5-12-8(16-7)6-15-2/h5H,3-4,6H2,1-2H3,(H,11,14). The molecule has 0 aromatic carbocycles. The van der Waals surface area contributed by atoms with E-state index in [1.165, 1.54) is 0 Å². The summed E-state index contributed by atoms with van der Waals surface area (Å²) in [5.74, 6) is 0.963. The Morgan fingerprint density at radius 3 is 3.00 bits per heavy atom. The lowest BCUT2D eigenvalue weighted by Crippen LogP contribution is -1.98. The molecule has 0 amide bonds. The second-order valence-corrected chi connectivity index (χ2v) is 6.35. The molecule has 92 valence electrons. The molecule has 0 spiro atoms. The Hall–Kier alpha value is -0.660. The molecule has 2 aromatic heterocycles. The number of hydrogen-bond acceptors (Lipinski definition) is 7. The van der Waals surface area contributed by atoms with Crippen molar-refractivity contribution in [3.05, 3.63) is 11.2 Å². The summed E-state index contributed by atoms with van der Waals surface area (Å²) in [6.45, 7) is 3.07.